The second-order valence-corrected chi connectivity index (χ2v) is 2.26. The Labute approximate surface area is 54.8 Å². The molecule has 9 heavy (non-hydrogen) atoms. The number of rotatable bonds is 3. The van der Waals surface area contributed by atoms with Gasteiger partial charge in [0, 0.05) is 6.42 Å². The molecule has 0 heterocycles. The summed E-state index contributed by atoms with van der Waals surface area (Å²) in [4.78, 5) is 10.2. The smallest absolute Gasteiger partial charge is 0.306 e. The molecular formula is C4H8O4S. The summed E-state index contributed by atoms with van der Waals surface area (Å²) in [5.74, 6) is -0.989. The normalized spacial score (nSPS) is 9.56. The fraction of sp³-hybridized carbons (Fsp3) is 0.750. The Balaban J connectivity index is 3.39. The van der Waals surface area contributed by atoms with E-state index >= 15 is 0 Å². The van der Waals surface area contributed by atoms with E-state index in [0.29, 0.717) is 0 Å². The number of carbonyl (C=O) groups excluding carboxylic acids is 1. The third-order valence-electron chi connectivity index (χ3n) is 0.620. The Kier molecular flexibility index (Phi) is 4.04. The van der Waals surface area contributed by atoms with Gasteiger partial charge in [-0.15, -0.1) is 0 Å². The molecule has 0 rings (SSSR count). The van der Waals surface area contributed by atoms with Gasteiger partial charge in [0.15, 0.2) is 16.6 Å². The Morgan fingerprint density at radius 3 is 2.44 bits per heavy atom. The van der Waals surface area contributed by atoms with Crippen LogP contribution in [-0.4, -0.2) is 20.3 Å². The van der Waals surface area contributed by atoms with Gasteiger partial charge in [-0.05, 0) is 0 Å². The van der Waals surface area contributed by atoms with Crippen LogP contribution in [-0.2, 0) is 20.2 Å². The Morgan fingerprint density at radius 2 is 2.11 bits per heavy atom. The lowest BCUT2D eigenvalue weighted by molar-refractivity contribution is -0.141. The largest absolute Gasteiger partial charge is 0.450 e. The van der Waals surface area contributed by atoms with Gasteiger partial charge in [0.25, 0.3) is 0 Å². The predicted molar refractivity (Wildman–Crippen MR) is 31.6 cm³/mol. The Hall–Kier alpha value is -0.580. The van der Waals surface area contributed by atoms with Crippen LogP contribution in [0.25, 0.3) is 0 Å². The van der Waals surface area contributed by atoms with Gasteiger partial charge < -0.3 is 4.74 Å². The molecule has 0 aromatic carbocycles. The number of ether oxygens (including phenoxy) is 1. The van der Waals surface area contributed by atoms with Gasteiger partial charge in [-0.1, -0.05) is 6.92 Å². The summed E-state index contributed by atoms with van der Waals surface area (Å²) in [5.41, 5.74) is 0. The molecule has 0 saturated heterocycles. The first-order chi connectivity index (χ1) is 4.16. The van der Waals surface area contributed by atoms with Crippen LogP contribution >= 0.6 is 0 Å². The summed E-state index contributed by atoms with van der Waals surface area (Å²) in [5, 5.41) is 0. The minimum atomic E-state index is -2.58. The van der Waals surface area contributed by atoms with Crippen molar-refractivity contribution >= 4 is 16.7 Å². The second-order valence-electron chi connectivity index (χ2n) is 1.33. The second kappa shape index (κ2) is 4.31. The highest BCUT2D eigenvalue weighted by atomic mass is 32.2. The van der Waals surface area contributed by atoms with E-state index in [2.05, 4.69) is 4.74 Å². The molecule has 0 radical (unpaired) electrons. The van der Waals surface area contributed by atoms with Crippen LogP contribution in [0.1, 0.15) is 13.3 Å². The lowest BCUT2D eigenvalue weighted by atomic mass is 10.5. The van der Waals surface area contributed by atoms with Gasteiger partial charge in [-0.3, -0.25) is 4.79 Å². The summed E-state index contributed by atoms with van der Waals surface area (Å²) >= 11 is 0. The predicted octanol–water partition coefficient (Wildman–Crippen LogP) is -0.491. The monoisotopic (exact) mass is 152 g/mol. The third-order valence-corrected chi connectivity index (χ3v) is 0.960. The fourth-order valence-electron chi connectivity index (χ4n) is 0.227. The van der Waals surface area contributed by atoms with Crippen molar-refractivity contribution in [2.45, 2.75) is 13.3 Å². The molecule has 0 spiro atoms. The number of thiol groups is 1. The molecule has 0 N–H and O–H groups in total. The summed E-state index contributed by atoms with van der Waals surface area (Å²) in [6, 6.07) is 0. The quantitative estimate of drug-likeness (QED) is 0.438. The number of hydrogen-bond acceptors (Lipinski definition) is 4. The van der Waals surface area contributed by atoms with Crippen molar-refractivity contribution in [1.29, 1.82) is 0 Å². The van der Waals surface area contributed by atoms with Crippen molar-refractivity contribution < 1.29 is 17.9 Å². The van der Waals surface area contributed by atoms with Crippen LogP contribution in [0.3, 0.4) is 0 Å². The topological polar surface area (TPSA) is 60.4 Å². The zero-order valence-corrected chi connectivity index (χ0v) is 5.89. The molecule has 0 atom stereocenters. The molecule has 0 aliphatic carbocycles. The fourth-order valence-corrected chi connectivity index (χ4v) is 0.476. The molecule has 0 amide bonds. The zero-order chi connectivity index (χ0) is 7.28. The molecular weight excluding hydrogens is 144 g/mol. The van der Waals surface area contributed by atoms with Crippen molar-refractivity contribution in [2.24, 2.45) is 0 Å². The van der Waals surface area contributed by atoms with E-state index in [1.807, 2.05) is 0 Å². The molecule has 0 fully saturated rings. The van der Waals surface area contributed by atoms with E-state index < -0.39 is 22.6 Å². The maximum Gasteiger partial charge on any atom is 0.306 e. The van der Waals surface area contributed by atoms with Crippen LogP contribution < -0.4 is 0 Å². The van der Waals surface area contributed by atoms with E-state index in [1.165, 1.54) is 0 Å². The number of hydrogen-bond donors (Lipinski definition) is 1. The van der Waals surface area contributed by atoms with Gasteiger partial charge in [-0.2, -0.15) is 0 Å². The average Bonchev–Trinajstić information content (AvgIpc) is 1.83. The van der Waals surface area contributed by atoms with Gasteiger partial charge in [0.1, 0.15) is 0 Å². The van der Waals surface area contributed by atoms with E-state index in [-0.39, 0.29) is 6.42 Å². The van der Waals surface area contributed by atoms with Crippen molar-refractivity contribution in [3.63, 3.8) is 0 Å². The first-order valence-electron chi connectivity index (χ1n) is 2.44. The average molecular weight is 152 g/mol. The van der Waals surface area contributed by atoms with E-state index in [4.69, 9.17) is 0 Å². The van der Waals surface area contributed by atoms with E-state index in [0.717, 1.165) is 0 Å². The molecule has 0 aromatic heterocycles. The van der Waals surface area contributed by atoms with Crippen molar-refractivity contribution in [3.05, 3.63) is 0 Å². The number of carbonyl (C=O) groups is 1. The summed E-state index contributed by atoms with van der Waals surface area (Å²) in [6.07, 6.45) is 0.211. The SMILES string of the molecule is CCC(=O)OC[SH](=O)=O. The van der Waals surface area contributed by atoms with Gasteiger partial charge in [0.05, 0.1) is 0 Å². The minimum absolute atomic E-state index is 0.211. The van der Waals surface area contributed by atoms with Gasteiger partial charge in [0.2, 0.25) is 0 Å². The van der Waals surface area contributed by atoms with Crippen LogP contribution in [0.4, 0.5) is 0 Å². The maximum atomic E-state index is 10.2. The maximum absolute atomic E-state index is 10.2. The lowest BCUT2D eigenvalue weighted by Crippen LogP contribution is -2.04. The highest BCUT2D eigenvalue weighted by Gasteiger charge is 1.96. The summed E-state index contributed by atoms with van der Waals surface area (Å²) in [7, 11) is -2.58. The third kappa shape index (κ3) is 5.29. The van der Waals surface area contributed by atoms with Crippen LogP contribution in [0, 0.1) is 0 Å². The number of esters is 1. The Morgan fingerprint density at radius 1 is 1.56 bits per heavy atom. The zero-order valence-electron chi connectivity index (χ0n) is 4.99. The van der Waals surface area contributed by atoms with Crippen molar-refractivity contribution in [2.75, 3.05) is 5.94 Å². The molecule has 0 aromatic rings. The van der Waals surface area contributed by atoms with Crippen LogP contribution in [0.5, 0.6) is 0 Å². The highest BCUT2D eigenvalue weighted by molar-refractivity contribution is 7.72. The molecule has 0 aliphatic heterocycles. The van der Waals surface area contributed by atoms with Gasteiger partial charge in [-0.25, -0.2) is 8.42 Å². The van der Waals surface area contributed by atoms with E-state index in [9.17, 15) is 13.2 Å². The first-order valence-corrected chi connectivity index (χ1v) is 3.80. The molecule has 0 unspecified atom stereocenters. The minimum Gasteiger partial charge on any atom is -0.450 e. The van der Waals surface area contributed by atoms with Crippen molar-refractivity contribution in [3.8, 4) is 0 Å². The Bertz CT molecular complexity index is 152. The summed E-state index contributed by atoms with van der Waals surface area (Å²) < 4.78 is 23.8. The summed E-state index contributed by atoms with van der Waals surface area (Å²) in [6.45, 7) is 1.60. The lowest BCUT2D eigenvalue weighted by Gasteiger charge is -1.93. The molecule has 54 valence electrons. The molecule has 5 heteroatoms. The highest BCUT2D eigenvalue weighted by Crippen LogP contribution is 1.82. The van der Waals surface area contributed by atoms with Crippen LogP contribution in [0.2, 0.25) is 0 Å². The van der Waals surface area contributed by atoms with E-state index in [1.54, 1.807) is 6.92 Å². The molecule has 4 nitrogen and oxygen atoms in total. The van der Waals surface area contributed by atoms with Gasteiger partial charge >= 0.3 is 5.97 Å². The first kappa shape index (κ1) is 8.42. The van der Waals surface area contributed by atoms with Crippen molar-refractivity contribution in [1.82, 2.24) is 0 Å². The standard InChI is InChI=1S/C4H8O4S/c1-2-4(5)8-3-9(6)7/h9H,2-3H2,1H3. The molecule has 0 bridgehead atoms. The molecule has 0 saturated carbocycles. The van der Waals surface area contributed by atoms with Crippen LogP contribution in [0.15, 0.2) is 0 Å². The molecule has 0 aliphatic rings.